The van der Waals surface area contributed by atoms with E-state index in [4.69, 9.17) is 0 Å². The van der Waals surface area contributed by atoms with Crippen LogP contribution < -0.4 is 0 Å². The highest BCUT2D eigenvalue weighted by atomic mass is 32.2. The Hall–Kier alpha value is -1.40. The number of nitrogens with zero attached hydrogens (tertiary/aromatic N) is 2. The van der Waals surface area contributed by atoms with Crippen molar-refractivity contribution in [3.63, 3.8) is 0 Å². The van der Waals surface area contributed by atoms with E-state index in [-0.39, 0.29) is 5.91 Å². The molecule has 1 heterocycles. The van der Waals surface area contributed by atoms with Crippen molar-refractivity contribution >= 4 is 15.9 Å². The summed E-state index contributed by atoms with van der Waals surface area (Å²) in [4.78, 5) is 15.1. The van der Waals surface area contributed by atoms with E-state index >= 15 is 0 Å². The first-order chi connectivity index (χ1) is 13.3. The van der Waals surface area contributed by atoms with Crippen molar-refractivity contribution in [2.75, 3.05) is 26.2 Å². The number of benzene rings is 1. The van der Waals surface area contributed by atoms with Gasteiger partial charge in [-0.05, 0) is 68.9 Å². The highest BCUT2D eigenvalue weighted by molar-refractivity contribution is 7.89. The summed E-state index contributed by atoms with van der Waals surface area (Å²) in [5, 5.41) is 0. The third kappa shape index (κ3) is 3.61. The number of fused-ring (bicyclic) bond motifs is 2. The Morgan fingerprint density at radius 1 is 1.00 bits per heavy atom. The van der Waals surface area contributed by atoms with Crippen LogP contribution in [0.4, 0.5) is 0 Å². The number of hydrogen-bond donors (Lipinski definition) is 0. The summed E-state index contributed by atoms with van der Waals surface area (Å²) in [5.41, 5.74) is 2.67. The zero-order valence-corrected chi connectivity index (χ0v) is 18.1. The number of amides is 1. The third-order valence-corrected chi connectivity index (χ3v) is 9.32. The highest BCUT2D eigenvalue weighted by Gasteiger charge is 2.41. The summed E-state index contributed by atoms with van der Waals surface area (Å²) in [5.74, 6) is 2.39. The van der Waals surface area contributed by atoms with Gasteiger partial charge in [-0.1, -0.05) is 24.1 Å². The molecule has 3 fully saturated rings. The Morgan fingerprint density at radius 3 is 2.18 bits per heavy atom. The van der Waals surface area contributed by atoms with Crippen molar-refractivity contribution in [2.24, 2.45) is 17.8 Å². The standard InChI is InChI=1S/C22H32N2O3S/c1-15-10-16(2)22(17(3)11-15)28(26,27)24-8-6-23(7-9-24)21(25)14-20-13-18-4-5-19(20)12-18/h10-11,18-20H,4-9,12-14H2,1-3H3/t18-,19-,20+/m1/s1. The number of rotatable bonds is 4. The van der Waals surface area contributed by atoms with E-state index in [9.17, 15) is 13.2 Å². The van der Waals surface area contributed by atoms with E-state index in [1.165, 1.54) is 25.7 Å². The molecule has 1 aromatic carbocycles. The lowest BCUT2D eigenvalue weighted by atomic mass is 9.86. The first kappa shape index (κ1) is 19.9. The van der Waals surface area contributed by atoms with Gasteiger partial charge in [0.25, 0.3) is 0 Å². The van der Waals surface area contributed by atoms with Crippen LogP contribution in [0, 0.1) is 38.5 Å². The van der Waals surface area contributed by atoms with Gasteiger partial charge in [0.2, 0.25) is 15.9 Å². The van der Waals surface area contributed by atoms with Crippen LogP contribution >= 0.6 is 0 Å². The fourth-order valence-corrected chi connectivity index (χ4v) is 7.69. The van der Waals surface area contributed by atoms with Gasteiger partial charge in [0.1, 0.15) is 0 Å². The monoisotopic (exact) mass is 404 g/mol. The molecule has 2 aliphatic carbocycles. The molecule has 4 rings (SSSR count). The van der Waals surface area contributed by atoms with Crippen molar-refractivity contribution < 1.29 is 13.2 Å². The Bertz CT molecular complexity index is 849. The smallest absolute Gasteiger partial charge is 0.243 e. The summed E-state index contributed by atoms with van der Waals surface area (Å²) >= 11 is 0. The SMILES string of the molecule is Cc1cc(C)c(S(=O)(=O)N2CCN(C(=O)C[C@@H]3C[C@@H]4CC[C@@H]3C4)CC2)c(C)c1. The maximum Gasteiger partial charge on any atom is 0.243 e. The average molecular weight is 405 g/mol. The molecule has 1 aliphatic heterocycles. The van der Waals surface area contributed by atoms with Crippen LogP contribution in [0.25, 0.3) is 0 Å². The van der Waals surface area contributed by atoms with Crippen LogP contribution in [0.1, 0.15) is 48.8 Å². The van der Waals surface area contributed by atoms with Crippen molar-refractivity contribution in [1.29, 1.82) is 0 Å². The molecule has 154 valence electrons. The highest BCUT2D eigenvalue weighted by Crippen LogP contribution is 2.49. The van der Waals surface area contributed by atoms with E-state index in [1.807, 2.05) is 37.8 Å². The molecule has 1 amide bonds. The normalized spacial score (nSPS) is 28.1. The summed E-state index contributed by atoms with van der Waals surface area (Å²) in [6, 6.07) is 3.85. The Kier molecular flexibility index (Phi) is 5.29. The largest absolute Gasteiger partial charge is 0.340 e. The number of carbonyl (C=O) groups is 1. The van der Waals surface area contributed by atoms with E-state index in [0.29, 0.717) is 43.4 Å². The maximum atomic E-state index is 13.2. The molecule has 1 aromatic rings. The molecule has 0 radical (unpaired) electrons. The van der Waals surface area contributed by atoms with Crippen LogP contribution in [0.2, 0.25) is 0 Å². The first-order valence-corrected chi connectivity index (χ1v) is 12.1. The quantitative estimate of drug-likeness (QED) is 0.774. The molecule has 1 saturated heterocycles. The minimum Gasteiger partial charge on any atom is -0.340 e. The van der Waals surface area contributed by atoms with Crippen molar-refractivity contribution in [3.8, 4) is 0 Å². The topological polar surface area (TPSA) is 57.7 Å². The van der Waals surface area contributed by atoms with Gasteiger partial charge in [-0.2, -0.15) is 4.31 Å². The number of hydrogen-bond acceptors (Lipinski definition) is 3. The van der Waals surface area contributed by atoms with Crippen molar-refractivity contribution in [3.05, 3.63) is 28.8 Å². The maximum absolute atomic E-state index is 13.2. The summed E-state index contributed by atoms with van der Waals surface area (Å²) in [6.45, 7) is 7.49. The molecule has 0 N–H and O–H groups in total. The fraction of sp³-hybridized carbons (Fsp3) is 0.682. The second-order valence-corrected chi connectivity index (χ2v) is 11.0. The molecule has 28 heavy (non-hydrogen) atoms. The Morgan fingerprint density at radius 2 is 1.64 bits per heavy atom. The Balaban J connectivity index is 1.39. The van der Waals surface area contributed by atoms with Crippen LogP contribution in [0.15, 0.2) is 17.0 Å². The van der Waals surface area contributed by atoms with Gasteiger partial charge in [0.15, 0.2) is 0 Å². The van der Waals surface area contributed by atoms with E-state index in [0.717, 1.165) is 28.5 Å². The second kappa shape index (κ2) is 7.45. The van der Waals surface area contributed by atoms with Crippen LogP contribution in [-0.2, 0) is 14.8 Å². The van der Waals surface area contributed by atoms with Gasteiger partial charge in [0.05, 0.1) is 4.90 Å². The molecular formula is C22H32N2O3S. The molecule has 2 bridgehead atoms. The minimum absolute atomic E-state index is 0.220. The van der Waals surface area contributed by atoms with Gasteiger partial charge in [0, 0.05) is 32.6 Å². The second-order valence-electron chi connectivity index (χ2n) is 9.15. The molecule has 2 saturated carbocycles. The summed E-state index contributed by atoms with van der Waals surface area (Å²) in [6.07, 6.45) is 5.84. The van der Waals surface area contributed by atoms with Crippen molar-refractivity contribution in [1.82, 2.24) is 9.21 Å². The van der Waals surface area contributed by atoms with Gasteiger partial charge in [-0.15, -0.1) is 0 Å². The molecule has 0 unspecified atom stereocenters. The van der Waals surface area contributed by atoms with Gasteiger partial charge in [-0.3, -0.25) is 4.79 Å². The molecule has 5 nitrogen and oxygen atoms in total. The number of aryl methyl sites for hydroxylation is 3. The predicted octanol–water partition coefficient (Wildman–Crippen LogP) is 3.27. The van der Waals surface area contributed by atoms with Gasteiger partial charge in [-0.25, -0.2) is 8.42 Å². The lowest BCUT2D eigenvalue weighted by molar-refractivity contribution is -0.133. The average Bonchev–Trinajstić information content (AvgIpc) is 3.23. The number of piperazine rings is 1. The van der Waals surface area contributed by atoms with Crippen LogP contribution in [0.5, 0.6) is 0 Å². The van der Waals surface area contributed by atoms with Crippen LogP contribution in [0.3, 0.4) is 0 Å². The van der Waals surface area contributed by atoms with Crippen LogP contribution in [-0.4, -0.2) is 49.7 Å². The van der Waals surface area contributed by atoms with Gasteiger partial charge < -0.3 is 4.90 Å². The number of carbonyl (C=O) groups excluding carboxylic acids is 1. The van der Waals surface area contributed by atoms with E-state index < -0.39 is 10.0 Å². The summed E-state index contributed by atoms with van der Waals surface area (Å²) in [7, 11) is -3.52. The molecule has 0 aromatic heterocycles. The molecule has 3 atom stereocenters. The lowest BCUT2D eigenvalue weighted by Crippen LogP contribution is -2.51. The first-order valence-electron chi connectivity index (χ1n) is 10.6. The van der Waals surface area contributed by atoms with E-state index in [2.05, 4.69) is 0 Å². The molecule has 3 aliphatic rings. The zero-order chi connectivity index (χ0) is 20.1. The Labute approximate surface area is 169 Å². The predicted molar refractivity (Wildman–Crippen MR) is 110 cm³/mol. The lowest BCUT2D eigenvalue weighted by Gasteiger charge is -2.35. The molecule has 6 heteroatoms. The number of sulfonamides is 1. The molecule has 0 spiro atoms. The molecular weight excluding hydrogens is 372 g/mol. The third-order valence-electron chi connectivity index (χ3n) is 7.12. The van der Waals surface area contributed by atoms with Crippen molar-refractivity contribution in [2.45, 2.75) is 57.8 Å². The van der Waals surface area contributed by atoms with E-state index in [1.54, 1.807) is 4.31 Å². The fourth-order valence-electron chi connectivity index (χ4n) is 5.86. The summed E-state index contributed by atoms with van der Waals surface area (Å²) < 4.78 is 28.0. The van der Waals surface area contributed by atoms with Gasteiger partial charge >= 0.3 is 0 Å². The minimum atomic E-state index is -3.52. The zero-order valence-electron chi connectivity index (χ0n) is 17.3.